The lowest BCUT2D eigenvalue weighted by Crippen LogP contribution is -2.32. The molecule has 2 fully saturated rings. The number of ether oxygens (including phenoxy) is 4. The van der Waals surface area contributed by atoms with Crippen molar-refractivity contribution >= 4 is 11.9 Å². The summed E-state index contributed by atoms with van der Waals surface area (Å²) < 4.78 is 20.4. The maximum absolute atomic E-state index is 11.8. The highest BCUT2D eigenvalue weighted by atomic mass is 16.6. The van der Waals surface area contributed by atoms with Crippen LogP contribution in [0.1, 0.15) is 20.7 Å². The number of esters is 2. The van der Waals surface area contributed by atoms with Crippen LogP contribution in [0.3, 0.4) is 0 Å². The van der Waals surface area contributed by atoms with Crippen molar-refractivity contribution in [3.63, 3.8) is 0 Å². The molecule has 0 atom stereocenters. The molecule has 0 radical (unpaired) electrons. The maximum atomic E-state index is 11.8. The zero-order valence-corrected chi connectivity index (χ0v) is 12.2. The molecular formula is C16H18O6. The molecule has 0 spiro atoms. The first-order valence-electron chi connectivity index (χ1n) is 7.32. The first-order chi connectivity index (χ1) is 10.7. The third-order valence-electron chi connectivity index (χ3n) is 3.67. The molecule has 2 saturated heterocycles. The van der Waals surface area contributed by atoms with E-state index in [2.05, 4.69) is 0 Å². The minimum Gasteiger partial charge on any atom is -0.462 e. The van der Waals surface area contributed by atoms with E-state index in [9.17, 15) is 9.59 Å². The van der Waals surface area contributed by atoms with Gasteiger partial charge in [0.15, 0.2) is 0 Å². The number of benzene rings is 1. The monoisotopic (exact) mass is 306 g/mol. The van der Waals surface area contributed by atoms with Crippen LogP contribution in [0, 0.1) is 11.8 Å². The van der Waals surface area contributed by atoms with Gasteiger partial charge >= 0.3 is 11.9 Å². The molecule has 118 valence electrons. The Morgan fingerprint density at radius 2 is 1.18 bits per heavy atom. The van der Waals surface area contributed by atoms with Crippen molar-refractivity contribution in [2.75, 3.05) is 39.6 Å². The van der Waals surface area contributed by atoms with Gasteiger partial charge < -0.3 is 18.9 Å². The van der Waals surface area contributed by atoms with E-state index in [0.717, 1.165) is 0 Å². The summed E-state index contributed by atoms with van der Waals surface area (Å²) in [7, 11) is 0. The summed E-state index contributed by atoms with van der Waals surface area (Å²) in [6.07, 6.45) is 0. The van der Waals surface area contributed by atoms with Crippen LogP contribution in [-0.4, -0.2) is 51.6 Å². The average Bonchev–Trinajstić information content (AvgIpc) is 2.44. The van der Waals surface area contributed by atoms with E-state index in [4.69, 9.17) is 18.9 Å². The fourth-order valence-corrected chi connectivity index (χ4v) is 2.06. The second-order valence-corrected chi connectivity index (χ2v) is 5.58. The highest BCUT2D eigenvalue weighted by Crippen LogP contribution is 2.14. The topological polar surface area (TPSA) is 71.1 Å². The van der Waals surface area contributed by atoms with Crippen LogP contribution in [-0.2, 0) is 18.9 Å². The molecule has 2 aliphatic rings. The second kappa shape index (κ2) is 6.89. The van der Waals surface area contributed by atoms with Crippen molar-refractivity contribution in [3.05, 3.63) is 35.4 Å². The molecule has 3 rings (SSSR count). The van der Waals surface area contributed by atoms with Crippen molar-refractivity contribution in [1.29, 1.82) is 0 Å². The number of carbonyl (C=O) groups excluding carboxylic acids is 2. The molecule has 0 saturated carbocycles. The minimum atomic E-state index is -0.390. The predicted molar refractivity (Wildman–Crippen MR) is 75.6 cm³/mol. The van der Waals surface area contributed by atoms with Gasteiger partial charge in [0.25, 0.3) is 0 Å². The van der Waals surface area contributed by atoms with E-state index in [-0.39, 0.29) is 0 Å². The lowest BCUT2D eigenvalue weighted by Gasteiger charge is -2.25. The summed E-state index contributed by atoms with van der Waals surface area (Å²) in [6.45, 7) is 3.31. The molecule has 0 N–H and O–H groups in total. The van der Waals surface area contributed by atoms with Crippen LogP contribution in [0.15, 0.2) is 24.3 Å². The van der Waals surface area contributed by atoms with E-state index >= 15 is 0 Å². The molecule has 0 aromatic heterocycles. The Morgan fingerprint density at radius 1 is 0.818 bits per heavy atom. The molecule has 1 aromatic rings. The highest BCUT2D eigenvalue weighted by Gasteiger charge is 2.22. The molecule has 6 heteroatoms. The molecule has 0 aliphatic carbocycles. The zero-order chi connectivity index (χ0) is 15.4. The Balaban J connectivity index is 1.47. The molecule has 1 aromatic carbocycles. The van der Waals surface area contributed by atoms with Crippen molar-refractivity contribution in [2.45, 2.75) is 0 Å². The van der Waals surface area contributed by atoms with Gasteiger partial charge in [-0.25, -0.2) is 9.59 Å². The van der Waals surface area contributed by atoms with Crippen molar-refractivity contribution in [2.24, 2.45) is 11.8 Å². The zero-order valence-electron chi connectivity index (χ0n) is 12.2. The Morgan fingerprint density at radius 3 is 1.45 bits per heavy atom. The van der Waals surface area contributed by atoms with Crippen molar-refractivity contribution in [3.8, 4) is 0 Å². The fraction of sp³-hybridized carbons (Fsp3) is 0.500. The highest BCUT2D eigenvalue weighted by molar-refractivity contribution is 5.93. The summed E-state index contributed by atoms with van der Waals surface area (Å²) in [5.41, 5.74) is 0.841. The second-order valence-electron chi connectivity index (χ2n) is 5.58. The normalized spacial score (nSPS) is 18.2. The first-order valence-corrected chi connectivity index (χ1v) is 7.32. The lowest BCUT2D eigenvalue weighted by molar-refractivity contribution is -0.0617. The number of carbonyl (C=O) groups is 2. The number of hydrogen-bond acceptors (Lipinski definition) is 6. The van der Waals surface area contributed by atoms with Gasteiger partial charge in [0.05, 0.1) is 50.8 Å². The third-order valence-corrected chi connectivity index (χ3v) is 3.67. The van der Waals surface area contributed by atoms with Crippen molar-refractivity contribution < 1.29 is 28.5 Å². The SMILES string of the molecule is O=C(OCC1COC1)c1ccc(C(=O)OCC2COC2)cc1. The molecule has 2 heterocycles. The molecular weight excluding hydrogens is 288 g/mol. The minimum absolute atomic E-state index is 0.300. The van der Waals surface area contributed by atoms with Crippen LogP contribution >= 0.6 is 0 Å². The van der Waals surface area contributed by atoms with Crippen LogP contribution in [0.5, 0.6) is 0 Å². The summed E-state index contributed by atoms with van der Waals surface area (Å²) in [6, 6.07) is 6.29. The van der Waals surface area contributed by atoms with Gasteiger partial charge in [0.2, 0.25) is 0 Å². The molecule has 0 bridgehead atoms. The summed E-state index contributed by atoms with van der Waals surface area (Å²) >= 11 is 0. The van der Waals surface area contributed by atoms with Gasteiger partial charge in [-0.1, -0.05) is 0 Å². The van der Waals surface area contributed by atoms with Gasteiger partial charge in [0.1, 0.15) is 0 Å². The molecule has 22 heavy (non-hydrogen) atoms. The lowest BCUT2D eigenvalue weighted by atomic mass is 10.1. The van der Waals surface area contributed by atoms with Gasteiger partial charge in [0, 0.05) is 11.8 Å². The standard InChI is InChI=1S/C16H18O6/c17-15(21-9-11-5-19-6-11)13-1-2-14(4-3-13)16(18)22-10-12-7-20-8-12/h1-4,11-12H,5-10H2. The fourth-order valence-electron chi connectivity index (χ4n) is 2.06. The van der Waals surface area contributed by atoms with Crippen LogP contribution < -0.4 is 0 Å². The van der Waals surface area contributed by atoms with Crippen LogP contribution in [0.4, 0.5) is 0 Å². The average molecular weight is 306 g/mol. The van der Waals surface area contributed by atoms with Gasteiger partial charge in [-0.05, 0) is 24.3 Å². The van der Waals surface area contributed by atoms with Crippen LogP contribution in [0.2, 0.25) is 0 Å². The van der Waals surface area contributed by atoms with Gasteiger partial charge in [-0.3, -0.25) is 0 Å². The number of rotatable bonds is 6. The quantitative estimate of drug-likeness (QED) is 0.738. The maximum Gasteiger partial charge on any atom is 0.338 e. The third kappa shape index (κ3) is 3.64. The molecule has 0 amide bonds. The van der Waals surface area contributed by atoms with Crippen molar-refractivity contribution in [1.82, 2.24) is 0 Å². The first kappa shape index (κ1) is 15.0. The van der Waals surface area contributed by atoms with Gasteiger partial charge in [-0.2, -0.15) is 0 Å². The Hall–Kier alpha value is -1.92. The van der Waals surface area contributed by atoms with E-state index in [1.165, 1.54) is 0 Å². The van der Waals surface area contributed by atoms with E-state index in [0.29, 0.717) is 62.6 Å². The van der Waals surface area contributed by atoms with E-state index < -0.39 is 11.9 Å². The summed E-state index contributed by atoms with van der Waals surface area (Å²) in [4.78, 5) is 23.7. The van der Waals surface area contributed by atoms with E-state index in [1.807, 2.05) is 0 Å². The largest absolute Gasteiger partial charge is 0.462 e. The molecule has 6 nitrogen and oxygen atoms in total. The summed E-state index contributed by atoms with van der Waals surface area (Å²) in [5, 5.41) is 0. The smallest absolute Gasteiger partial charge is 0.338 e. The Kier molecular flexibility index (Phi) is 4.70. The van der Waals surface area contributed by atoms with Crippen LogP contribution in [0.25, 0.3) is 0 Å². The molecule has 0 unspecified atom stereocenters. The molecule has 2 aliphatic heterocycles. The van der Waals surface area contributed by atoms with Gasteiger partial charge in [-0.15, -0.1) is 0 Å². The summed E-state index contributed by atoms with van der Waals surface area (Å²) in [5.74, 6) is -0.181. The Labute approximate surface area is 128 Å². The Bertz CT molecular complexity index is 481. The predicted octanol–water partition coefficient (Wildman–Crippen LogP) is 1.29. The van der Waals surface area contributed by atoms with E-state index in [1.54, 1.807) is 24.3 Å². The number of hydrogen-bond donors (Lipinski definition) is 0.